The molecule has 0 saturated carbocycles. The Morgan fingerprint density at radius 1 is 1.22 bits per heavy atom. The molecule has 0 bridgehead atoms. The molecule has 1 spiro atoms. The average Bonchev–Trinajstić information content (AvgIpc) is 3.40. The van der Waals surface area contributed by atoms with Crippen LogP contribution in [0.25, 0.3) is 0 Å². The summed E-state index contributed by atoms with van der Waals surface area (Å²) >= 11 is 0. The normalized spacial score (nSPS) is 21.0. The molecular weight excluding hydrogens is 406 g/mol. The molecule has 7 heteroatoms. The maximum atomic E-state index is 11.8. The van der Waals surface area contributed by atoms with Gasteiger partial charge in [-0.2, -0.15) is 0 Å². The maximum Gasteiger partial charge on any atom is 0.338 e. The second-order valence-electron chi connectivity index (χ2n) is 9.43. The number of hydrogen-bond donors (Lipinski definition) is 1. The van der Waals surface area contributed by atoms with Crippen LogP contribution in [0.1, 0.15) is 52.4 Å². The van der Waals surface area contributed by atoms with Crippen LogP contribution in [0.15, 0.2) is 30.5 Å². The fourth-order valence-electron chi connectivity index (χ4n) is 5.55. The predicted molar refractivity (Wildman–Crippen MR) is 121 cm³/mol. The third-order valence-corrected chi connectivity index (χ3v) is 7.65. The number of hydrogen-bond acceptors (Lipinski definition) is 7. The number of ether oxygens (including phenoxy) is 2. The molecule has 1 aromatic heterocycles. The molecule has 0 radical (unpaired) electrons. The molecule has 7 nitrogen and oxygen atoms in total. The number of esters is 1. The fourth-order valence-corrected chi connectivity index (χ4v) is 5.55. The number of aliphatic hydroxyl groups is 1. The highest BCUT2D eigenvalue weighted by atomic mass is 16.5. The smallest absolute Gasteiger partial charge is 0.338 e. The van der Waals surface area contributed by atoms with E-state index in [0.717, 1.165) is 55.7 Å². The minimum atomic E-state index is -0.561. The van der Waals surface area contributed by atoms with E-state index in [0.29, 0.717) is 30.0 Å². The highest BCUT2D eigenvalue weighted by Gasteiger charge is 2.41. The number of fused-ring (bicyclic) bond motifs is 1. The maximum absolute atomic E-state index is 11.8. The van der Waals surface area contributed by atoms with Crippen LogP contribution in [0.4, 0.5) is 5.69 Å². The minimum absolute atomic E-state index is 0.263. The fraction of sp³-hybridized carbons (Fsp3) is 0.520. The number of anilines is 1. The summed E-state index contributed by atoms with van der Waals surface area (Å²) in [5, 5.41) is 11.0. The number of methoxy groups -OCH3 is 1. The van der Waals surface area contributed by atoms with E-state index in [1.807, 2.05) is 25.3 Å². The van der Waals surface area contributed by atoms with Crippen LogP contribution in [-0.2, 0) is 11.3 Å². The van der Waals surface area contributed by atoms with Gasteiger partial charge in [0, 0.05) is 43.1 Å². The summed E-state index contributed by atoms with van der Waals surface area (Å²) in [5.74, 6) is 0.395. The first-order chi connectivity index (χ1) is 15.5. The molecule has 3 aliphatic rings. The van der Waals surface area contributed by atoms with Crippen LogP contribution >= 0.6 is 0 Å². The monoisotopic (exact) mass is 437 g/mol. The molecule has 5 rings (SSSR count). The van der Waals surface area contributed by atoms with E-state index in [9.17, 15) is 9.90 Å². The van der Waals surface area contributed by atoms with Gasteiger partial charge in [-0.3, -0.25) is 0 Å². The minimum Gasteiger partial charge on any atom is -0.481 e. The molecule has 3 aliphatic heterocycles. The van der Waals surface area contributed by atoms with E-state index < -0.39 is 6.10 Å². The lowest BCUT2D eigenvalue weighted by molar-refractivity contribution is 0.0534. The number of pyridine rings is 1. The quantitative estimate of drug-likeness (QED) is 0.721. The SMILES string of the molecule is COc1cc(N2CCC3(CCN(C[C@H](O)c4ccc5c(c4C)COC5=O)CC3)C2)ccn1. The first-order valence-corrected chi connectivity index (χ1v) is 11.4. The number of piperidine rings is 1. The summed E-state index contributed by atoms with van der Waals surface area (Å²) in [7, 11) is 1.65. The Kier molecular flexibility index (Phi) is 5.55. The van der Waals surface area contributed by atoms with Gasteiger partial charge in [-0.1, -0.05) is 6.07 Å². The van der Waals surface area contributed by atoms with Gasteiger partial charge in [0.15, 0.2) is 0 Å². The summed E-state index contributed by atoms with van der Waals surface area (Å²) in [6, 6.07) is 7.75. The van der Waals surface area contributed by atoms with Crippen LogP contribution in [0, 0.1) is 12.3 Å². The van der Waals surface area contributed by atoms with Gasteiger partial charge in [0.25, 0.3) is 0 Å². The van der Waals surface area contributed by atoms with Crippen molar-refractivity contribution in [3.63, 3.8) is 0 Å². The number of aromatic nitrogens is 1. The highest BCUT2D eigenvalue weighted by Crippen LogP contribution is 2.42. The summed E-state index contributed by atoms with van der Waals surface area (Å²) in [4.78, 5) is 20.8. The zero-order chi connectivity index (χ0) is 22.3. The van der Waals surface area contributed by atoms with E-state index in [2.05, 4.69) is 20.9 Å². The topological polar surface area (TPSA) is 75.1 Å². The molecule has 1 N–H and O–H groups in total. The second-order valence-corrected chi connectivity index (χ2v) is 9.43. The third-order valence-electron chi connectivity index (χ3n) is 7.65. The van der Waals surface area contributed by atoms with Crippen molar-refractivity contribution >= 4 is 11.7 Å². The molecule has 2 aromatic rings. The zero-order valence-electron chi connectivity index (χ0n) is 18.8. The van der Waals surface area contributed by atoms with Crippen molar-refractivity contribution < 1.29 is 19.4 Å². The van der Waals surface area contributed by atoms with Gasteiger partial charge < -0.3 is 24.4 Å². The van der Waals surface area contributed by atoms with Gasteiger partial charge in [-0.05, 0) is 68.0 Å². The van der Waals surface area contributed by atoms with Gasteiger partial charge in [0.2, 0.25) is 5.88 Å². The van der Waals surface area contributed by atoms with Crippen LogP contribution < -0.4 is 9.64 Å². The number of cyclic esters (lactones) is 1. The number of carbonyl (C=O) groups excluding carboxylic acids is 1. The second kappa shape index (κ2) is 8.37. The standard InChI is InChI=1S/C25H31N3O4/c1-17-19(3-4-20-21(17)15-32-24(20)30)22(29)14-27-10-6-25(7-11-27)8-12-28(16-25)18-5-9-26-23(13-18)31-2/h3-5,9,13,22,29H,6-8,10-12,14-16H2,1-2H3/t22-/m0/s1. The summed E-state index contributed by atoms with van der Waals surface area (Å²) in [5.41, 5.74) is 4.97. The number of β-amino-alcohol motifs (C(OH)–C–C–N with tert-alkyl or cyclic N) is 1. The Balaban J connectivity index is 1.19. The number of benzene rings is 1. The predicted octanol–water partition coefficient (Wildman–Crippen LogP) is 3.09. The molecule has 32 heavy (non-hydrogen) atoms. The van der Waals surface area contributed by atoms with Crippen LogP contribution in [0.2, 0.25) is 0 Å². The zero-order valence-corrected chi connectivity index (χ0v) is 18.8. The van der Waals surface area contributed by atoms with Crippen molar-refractivity contribution in [3.05, 3.63) is 52.7 Å². The Morgan fingerprint density at radius 3 is 2.78 bits per heavy atom. The number of rotatable bonds is 5. The Morgan fingerprint density at radius 2 is 2.00 bits per heavy atom. The van der Waals surface area contributed by atoms with Gasteiger partial charge in [-0.25, -0.2) is 9.78 Å². The molecule has 2 saturated heterocycles. The van der Waals surface area contributed by atoms with Crippen molar-refractivity contribution in [2.24, 2.45) is 5.41 Å². The summed E-state index contributed by atoms with van der Waals surface area (Å²) in [6.07, 6.45) is 4.74. The van der Waals surface area contributed by atoms with Gasteiger partial charge >= 0.3 is 5.97 Å². The number of likely N-dealkylation sites (tertiary alicyclic amines) is 1. The van der Waals surface area contributed by atoms with E-state index >= 15 is 0 Å². The van der Waals surface area contributed by atoms with Crippen molar-refractivity contribution in [2.75, 3.05) is 44.7 Å². The molecule has 0 aliphatic carbocycles. The highest BCUT2D eigenvalue weighted by molar-refractivity contribution is 5.93. The summed E-state index contributed by atoms with van der Waals surface area (Å²) in [6.45, 7) is 7.03. The number of carbonyl (C=O) groups is 1. The van der Waals surface area contributed by atoms with Gasteiger partial charge in [0.1, 0.15) is 6.61 Å². The lowest BCUT2D eigenvalue weighted by atomic mass is 9.77. The van der Waals surface area contributed by atoms with E-state index in [4.69, 9.17) is 9.47 Å². The summed E-state index contributed by atoms with van der Waals surface area (Å²) < 4.78 is 10.4. The van der Waals surface area contributed by atoms with E-state index in [-0.39, 0.29) is 5.97 Å². The van der Waals surface area contributed by atoms with Gasteiger partial charge in [0.05, 0.1) is 18.8 Å². The Bertz CT molecular complexity index is 1020. The molecule has 0 unspecified atom stereocenters. The van der Waals surface area contributed by atoms with Crippen LogP contribution in [0.3, 0.4) is 0 Å². The number of aliphatic hydroxyl groups excluding tert-OH is 1. The molecular formula is C25H31N3O4. The van der Waals surface area contributed by atoms with Crippen LogP contribution in [0.5, 0.6) is 5.88 Å². The van der Waals surface area contributed by atoms with Crippen molar-refractivity contribution in [3.8, 4) is 5.88 Å². The lowest BCUT2D eigenvalue weighted by Gasteiger charge is -2.40. The van der Waals surface area contributed by atoms with Gasteiger partial charge in [-0.15, -0.1) is 0 Å². The first-order valence-electron chi connectivity index (χ1n) is 11.4. The van der Waals surface area contributed by atoms with Crippen molar-refractivity contribution in [2.45, 2.75) is 38.9 Å². The molecule has 0 amide bonds. The van der Waals surface area contributed by atoms with E-state index in [1.54, 1.807) is 13.2 Å². The van der Waals surface area contributed by atoms with E-state index in [1.165, 1.54) is 12.1 Å². The van der Waals surface area contributed by atoms with Crippen LogP contribution in [-0.4, -0.2) is 60.8 Å². The Labute approximate surface area is 189 Å². The molecule has 4 heterocycles. The molecule has 1 aromatic carbocycles. The number of nitrogens with zero attached hydrogens (tertiary/aromatic N) is 3. The largest absolute Gasteiger partial charge is 0.481 e. The first kappa shape index (κ1) is 21.2. The molecule has 2 fully saturated rings. The van der Waals surface area contributed by atoms with Crippen molar-refractivity contribution in [1.29, 1.82) is 0 Å². The molecule has 170 valence electrons. The molecule has 1 atom stereocenters. The van der Waals surface area contributed by atoms with Crippen molar-refractivity contribution in [1.82, 2.24) is 9.88 Å². The third kappa shape index (κ3) is 3.84. The Hall–Kier alpha value is -2.64. The average molecular weight is 438 g/mol. The lowest BCUT2D eigenvalue weighted by Crippen LogP contribution is -2.43.